The summed E-state index contributed by atoms with van der Waals surface area (Å²) in [5, 5.41) is 0. The fraction of sp³-hybridized carbons (Fsp3) is 0.714. The summed E-state index contributed by atoms with van der Waals surface area (Å²) in [5.74, 6) is 2.04. The van der Waals surface area contributed by atoms with E-state index in [2.05, 4.69) is 5.92 Å². The number of hydrogen-bond donors (Lipinski definition) is 0. The first-order valence-corrected chi connectivity index (χ1v) is 2.63. The van der Waals surface area contributed by atoms with E-state index in [1.54, 1.807) is 6.92 Å². The highest BCUT2D eigenvalue weighted by atomic mass is 19.1. The molecular weight excluding hydrogens is 103 g/mol. The summed E-state index contributed by atoms with van der Waals surface area (Å²) >= 11 is 0. The van der Waals surface area contributed by atoms with Gasteiger partial charge in [0.25, 0.3) is 0 Å². The van der Waals surface area contributed by atoms with E-state index in [1.807, 2.05) is 0 Å². The molecule has 1 atom stereocenters. The molecule has 0 amide bonds. The number of hydrogen-bond acceptors (Lipinski definition) is 0. The van der Waals surface area contributed by atoms with Crippen LogP contribution in [0.15, 0.2) is 0 Å². The van der Waals surface area contributed by atoms with E-state index in [1.165, 1.54) is 13.8 Å². The molecule has 0 aliphatic rings. The molecule has 0 saturated carbocycles. The summed E-state index contributed by atoms with van der Waals surface area (Å²) in [6.07, 6.45) is 4.97. The summed E-state index contributed by atoms with van der Waals surface area (Å²) in [5.41, 5.74) is -1.23. The van der Waals surface area contributed by atoms with Crippen LogP contribution in [0.3, 0.4) is 0 Å². The second-order valence-corrected chi connectivity index (χ2v) is 2.45. The van der Waals surface area contributed by atoms with Gasteiger partial charge in [-0.2, -0.15) is 0 Å². The van der Waals surface area contributed by atoms with E-state index in [9.17, 15) is 4.39 Å². The molecule has 0 N–H and O–H groups in total. The maximum Gasteiger partial charge on any atom is 0.118 e. The third kappa shape index (κ3) is 1.97. The molecule has 0 rings (SSSR count). The van der Waals surface area contributed by atoms with Gasteiger partial charge in [0.05, 0.1) is 5.92 Å². The van der Waals surface area contributed by atoms with Crippen LogP contribution < -0.4 is 0 Å². The van der Waals surface area contributed by atoms with Crippen LogP contribution in [0.4, 0.5) is 4.39 Å². The molecule has 1 unspecified atom stereocenters. The maximum atomic E-state index is 12.6. The Balaban J connectivity index is 3.87. The van der Waals surface area contributed by atoms with Crippen molar-refractivity contribution in [2.75, 3.05) is 0 Å². The molecular formula is C7H11F. The van der Waals surface area contributed by atoms with E-state index in [-0.39, 0.29) is 5.92 Å². The number of rotatable bonds is 1. The van der Waals surface area contributed by atoms with Crippen molar-refractivity contribution >= 4 is 0 Å². The van der Waals surface area contributed by atoms with Crippen LogP contribution in [-0.2, 0) is 0 Å². The van der Waals surface area contributed by atoms with Crippen LogP contribution in [0.25, 0.3) is 0 Å². The predicted octanol–water partition coefficient (Wildman–Crippen LogP) is 2.00. The van der Waals surface area contributed by atoms with Crippen LogP contribution in [0.2, 0.25) is 0 Å². The van der Waals surface area contributed by atoms with E-state index in [0.29, 0.717) is 0 Å². The fourth-order valence-electron chi connectivity index (χ4n) is 0.198. The van der Waals surface area contributed by atoms with Gasteiger partial charge in [-0.05, 0) is 20.8 Å². The first-order chi connectivity index (χ1) is 3.48. The van der Waals surface area contributed by atoms with Crippen LogP contribution in [0, 0.1) is 18.3 Å². The topological polar surface area (TPSA) is 0 Å². The average molecular weight is 114 g/mol. The zero-order chi connectivity index (χ0) is 6.78. The molecule has 0 fully saturated rings. The Hall–Kier alpha value is -0.510. The largest absolute Gasteiger partial charge is 0.243 e. The Kier molecular flexibility index (Phi) is 2.03. The normalized spacial score (nSPS) is 14.9. The average Bonchev–Trinajstić information content (AvgIpc) is 1.62. The monoisotopic (exact) mass is 114 g/mol. The third-order valence-corrected chi connectivity index (χ3v) is 1.28. The summed E-state index contributed by atoms with van der Waals surface area (Å²) in [6, 6.07) is 0. The molecule has 46 valence electrons. The predicted molar refractivity (Wildman–Crippen MR) is 33.2 cm³/mol. The molecule has 0 heterocycles. The van der Waals surface area contributed by atoms with Crippen LogP contribution in [0.1, 0.15) is 20.8 Å². The van der Waals surface area contributed by atoms with Crippen molar-refractivity contribution < 1.29 is 4.39 Å². The Morgan fingerprint density at radius 3 is 2.00 bits per heavy atom. The molecule has 0 aliphatic heterocycles. The van der Waals surface area contributed by atoms with E-state index in [4.69, 9.17) is 6.42 Å². The van der Waals surface area contributed by atoms with Crippen LogP contribution in [-0.4, -0.2) is 5.67 Å². The molecule has 0 aromatic heterocycles. The van der Waals surface area contributed by atoms with Crippen molar-refractivity contribution in [2.45, 2.75) is 26.4 Å². The molecule has 0 radical (unpaired) electrons. The lowest BCUT2D eigenvalue weighted by Crippen LogP contribution is -2.21. The smallest absolute Gasteiger partial charge is 0.118 e. The van der Waals surface area contributed by atoms with Crippen molar-refractivity contribution in [2.24, 2.45) is 5.92 Å². The van der Waals surface area contributed by atoms with Crippen molar-refractivity contribution in [3.63, 3.8) is 0 Å². The second-order valence-electron chi connectivity index (χ2n) is 2.45. The summed E-state index contributed by atoms with van der Waals surface area (Å²) in [6.45, 7) is 4.66. The minimum atomic E-state index is -1.23. The summed E-state index contributed by atoms with van der Waals surface area (Å²) in [7, 11) is 0. The standard InChI is InChI=1S/C7H11F/c1-5-6(2)7(3,4)8/h1,6H,2-4H3. The Labute approximate surface area is 50.1 Å². The number of halogens is 1. The van der Waals surface area contributed by atoms with Gasteiger partial charge in [0.2, 0.25) is 0 Å². The quantitative estimate of drug-likeness (QED) is 0.457. The molecule has 1 heteroatoms. The Morgan fingerprint density at radius 2 is 2.00 bits per heavy atom. The SMILES string of the molecule is C#CC(C)C(C)(C)F. The highest BCUT2D eigenvalue weighted by molar-refractivity contribution is 4.98. The van der Waals surface area contributed by atoms with Gasteiger partial charge in [-0.25, -0.2) is 4.39 Å². The lowest BCUT2D eigenvalue weighted by Gasteiger charge is -2.16. The minimum absolute atomic E-state index is 0.289. The van der Waals surface area contributed by atoms with E-state index < -0.39 is 5.67 Å². The highest BCUT2D eigenvalue weighted by Crippen LogP contribution is 2.18. The van der Waals surface area contributed by atoms with E-state index in [0.717, 1.165) is 0 Å². The van der Waals surface area contributed by atoms with Gasteiger partial charge in [0.15, 0.2) is 0 Å². The lowest BCUT2D eigenvalue weighted by atomic mass is 9.96. The minimum Gasteiger partial charge on any atom is -0.243 e. The van der Waals surface area contributed by atoms with Gasteiger partial charge in [0.1, 0.15) is 5.67 Å². The molecule has 0 spiro atoms. The molecule has 0 aromatic rings. The highest BCUT2D eigenvalue weighted by Gasteiger charge is 2.22. The van der Waals surface area contributed by atoms with Crippen molar-refractivity contribution in [1.82, 2.24) is 0 Å². The van der Waals surface area contributed by atoms with Gasteiger partial charge in [-0.15, -0.1) is 12.3 Å². The van der Waals surface area contributed by atoms with Gasteiger partial charge < -0.3 is 0 Å². The number of alkyl halides is 1. The summed E-state index contributed by atoms with van der Waals surface area (Å²) < 4.78 is 12.6. The van der Waals surface area contributed by atoms with Gasteiger partial charge in [-0.1, -0.05) is 0 Å². The Morgan fingerprint density at radius 1 is 1.62 bits per heavy atom. The van der Waals surface area contributed by atoms with Crippen molar-refractivity contribution in [1.29, 1.82) is 0 Å². The molecule has 0 bridgehead atoms. The van der Waals surface area contributed by atoms with Gasteiger partial charge in [0, 0.05) is 0 Å². The summed E-state index contributed by atoms with van der Waals surface area (Å²) in [4.78, 5) is 0. The van der Waals surface area contributed by atoms with Crippen molar-refractivity contribution in [3.8, 4) is 12.3 Å². The van der Waals surface area contributed by atoms with Gasteiger partial charge >= 0.3 is 0 Å². The molecule has 0 nitrogen and oxygen atoms in total. The molecule has 0 saturated heterocycles. The molecule has 0 aliphatic carbocycles. The van der Waals surface area contributed by atoms with Crippen LogP contribution >= 0.6 is 0 Å². The van der Waals surface area contributed by atoms with Crippen LogP contribution in [0.5, 0.6) is 0 Å². The third-order valence-electron chi connectivity index (χ3n) is 1.28. The first-order valence-electron chi connectivity index (χ1n) is 2.63. The Bertz CT molecular complexity index is 103. The zero-order valence-corrected chi connectivity index (χ0v) is 5.53. The second kappa shape index (κ2) is 2.17. The first kappa shape index (κ1) is 7.49. The maximum absolute atomic E-state index is 12.6. The van der Waals surface area contributed by atoms with Crippen molar-refractivity contribution in [3.05, 3.63) is 0 Å². The molecule has 8 heavy (non-hydrogen) atoms. The molecule has 0 aromatic carbocycles. The lowest BCUT2D eigenvalue weighted by molar-refractivity contribution is 0.170. The zero-order valence-electron chi connectivity index (χ0n) is 5.53. The van der Waals surface area contributed by atoms with Gasteiger partial charge in [-0.3, -0.25) is 0 Å². The van der Waals surface area contributed by atoms with E-state index >= 15 is 0 Å². The fourth-order valence-corrected chi connectivity index (χ4v) is 0.198. The number of terminal acetylenes is 1.